The lowest BCUT2D eigenvalue weighted by Gasteiger charge is -2.40. The van der Waals surface area contributed by atoms with Crippen molar-refractivity contribution in [1.29, 1.82) is 0 Å². The molecule has 8 atom stereocenters. The summed E-state index contributed by atoms with van der Waals surface area (Å²) in [6, 6.07) is 0. The average molecular weight is 289 g/mol. The van der Waals surface area contributed by atoms with Crippen LogP contribution in [-0.4, -0.2) is 11.8 Å². The van der Waals surface area contributed by atoms with Gasteiger partial charge in [-0.3, -0.25) is 9.08 Å². The fourth-order valence-electron chi connectivity index (χ4n) is 6.27. The standard InChI is InChI=1S/C14H18Cl2O2/c15-14(17)11-4-7-3-10(11)13-6-1-8(5-18-16)9(2-6)12(7)13/h6-13H,1-5H2. The molecule has 0 spiro atoms. The third-order valence-corrected chi connectivity index (χ3v) is 6.93. The highest BCUT2D eigenvalue weighted by atomic mass is 35.5. The monoisotopic (exact) mass is 288 g/mol. The van der Waals surface area contributed by atoms with Gasteiger partial charge in [0.15, 0.2) is 0 Å². The molecule has 100 valence electrons. The zero-order valence-corrected chi connectivity index (χ0v) is 11.7. The number of rotatable bonds is 3. The Morgan fingerprint density at radius 2 is 1.72 bits per heavy atom. The molecular weight excluding hydrogens is 271 g/mol. The van der Waals surface area contributed by atoms with Gasteiger partial charge < -0.3 is 0 Å². The maximum Gasteiger partial charge on any atom is 0.225 e. The zero-order chi connectivity index (χ0) is 12.4. The smallest absolute Gasteiger partial charge is 0.225 e. The molecule has 0 saturated heterocycles. The lowest BCUT2D eigenvalue weighted by Crippen LogP contribution is -2.38. The summed E-state index contributed by atoms with van der Waals surface area (Å²) in [7, 11) is 0. The molecule has 4 fully saturated rings. The van der Waals surface area contributed by atoms with Crippen molar-refractivity contribution in [2.75, 3.05) is 6.61 Å². The van der Waals surface area contributed by atoms with Gasteiger partial charge in [-0.2, -0.15) is 0 Å². The largest absolute Gasteiger partial charge is 0.281 e. The van der Waals surface area contributed by atoms with E-state index < -0.39 is 0 Å². The SMILES string of the molecule is O=C(Cl)C1CC2CC1C1C3CC(COCl)C(C3)C21. The van der Waals surface area contributed by atoms with Crippen LogP contribution in [-0.2, 0) is 9.08 Å². The van der Waals surface area contributed by atoms with Crippen LogP contribution in [0.1, 0.15) is 25.7 Å². The van der Waals surface area contributed by atoms with Gasteiger partial charge >= 0.3 is 0 Å². The van der Waals surface area contributed by atoms with Crippen LogP contribution in [0.25, 0.3) is 0 Å². The number of hydrogen-bond donors (Lipinski definition) is 0. The van der Waals surface area contributed by atoms with Crippen LogP contribution in [0.4, 0.5) is 0 Å². The first-order valence-electron chi connectivity index (χ1n) is 7.13. The van der Waals surface area contributed by atoms with Gasteiger partial charge in [0.05, 0.1) is 18.5 Å². The Morgan fingerprint density at radius 3 is 2.44 bits per heavy atom. The summed E-state index contributed by atoms with van der Waals surface area (Å²) in [6.07, 6.45) is 4.90. The molecule has 0 aliphatic heterocycles. The molecule has 4 aliphatic rings. The van der Waals surface area contributed by atoms with Crippen molar-refractivity contribution >= 4 is 28.7 Å². The van der Waals surface area contributed by atoms with E-state index in [1.165, 1.54) is 19.3 Å². The van der Waals surface area contributed by atoms with Crippen molar-refractivity contribution in [1.82, 2.24) is 0 Å². The Bertz CT molecular complexity index is 384. The van der Waals surface area contributed by atoms with Crippen molar-refractivity contribution in [2.24, 2.45) is 47.3 Å². The number of fused-ring (bicyclic) bond motifs is 9. The predicted molar refractivity (Wildman–Crippen MR) is 69.1 cm³/mol. The number of carbonyl (C=O) groups is 1. The summed E-state index contributed by atoms with van der Waals surface area (Å²) in [5.74, 6) is 5.42. The van der Waals surface area contributed by atoms with E-state index in [4.69, 9.17) is 27.8 Å². The molecule has 4 rings (SSSR count). The first-order valence-corrected chi connectivity index (χ1v) is 7.82. The first-order chi connectivity index (χ1) is 8.70. The molecule has 0 aromatic heterocycles. The van der Waals surface area contributed by atoms with Gasteiger partial charge in [0.1, 0.15) is 0 Å². The summed E-state index contributed by atoms with van der Waals surface area (Å²) in [5, 5.41) is -0.0793. The molecule has 4 bridgehead atoms. The van der Waals surface area contributed by atoms with Crippen LogP contribution >= 0.6 is 23.5 Å². The van der Waals surface area contributed by atoms with E-state index in [1.54, 1.807) is 0 Å². The summed E-state index contributed by atoms with van der Waals surface area (Å²) in [5.41, 5.74) is 0. The Kier molecular flexibility index (Phi) is 2.73. The van der Waals surface area contributed by atoms with Crippen molar-refractivity contribution in [2.45, 2.75) is 25.7 Å². The number of halogens is 2. The molecule has 8 unspecified atom stereocenters. The van der Waals surface area contributed by atoms with E-state index in [0.717, 1.165) is 36.0 Å². The second-order valence-corrected chi connectivity index (χ2v) is 7.48. The zero-order valence-electron chi connectivity index (χ0n) is 10.2. The van der Waals surface area contributed by atoms with Crippen LogP contribution < -0.4 is 0 Å². The molecule has 4 aliphatic carbocycles. The van der Waals surface area contributed by atoms with Gasteiger partial charge in [0.2, 0.25) is 5.24 Å². The van der Waals surface area contributed by atoms with Crippen LogP contribution in [0.3, 0.4) is 0 Å². The Hall–Kier alpha value is 0.210. The molecule has 2 nitrogen and oxygen atoms in total. The fourth-order valence-corrected chi connectivity index (χ4v) is 6.68. The van der Waals surface area contributed by atoms with Gasteiger partial charge in [0.25, 0.3) is 0 Å². The van der Waals surface area contributed by atoms with E-state index in [1.807, 2.05) is 0 Å². The van der Waals surface area contributed by atoms with E-state index in [0.29, 0.717) is 18.4 Å². The molecule has 0 radical (unpaired) electrons. The fraction of sp³-hybridized carbons (Fsp3) is 0.929. The number of carbonyl (C=O) groups excluding carboxylic acids is 1. The minimum atomic E-state index is -0.0793. The van der Waals surface area contributed by atoms with E-state index in [9.17, 15) is 4.79 Å². The normalized spacial score (nSPS) is 56.1. The average Bonchev–Trinajstić information content (AvgIpc) is 3.05. The molecule has 4 heteroatoms. The van der Waals surface area contributed by atoms with Gasteiger partial charge in [-0.1, -0.05) is 0 Å². The summed E-state index contributed by atoms with van der Waals surface area (Å²) in [6.45, 7) is 0.710. The second-order valence-electron chi connectivity index (χ2n) is 6.89. The molecule has 4 saturated carbocycles. The lowest BCUT2D eigenvalue weighted by atomic mass is 9.65. The Labute approximate surface area is 118 Å². The summed E-state index contributed by atoms with van der Waals surface area (Å²) in [4.78, 5) is 11.5. The van der Waals surface area contributed by atoms with E-state index in [-0.39, 0.29) is 11.2 Å². The second kappa shape index (κ2) is 4.10. The lowest BCUT2D eigenvalue weighted by molar-refractivity contribution is -0.118. The van der Waals surface area contributed by atoms with Crippen LogP contribution in [0.5, 0.6) is 0 Å². The molecule has 0 heterocycles. The van der Waals surface area contributed by atoms with Gasteiger partial charge in [-0.25, -0.2) is 0 Å². The van der Waals surface area contributed by atoms with Gasteiger partial charge in [-0.15, -0.1) is 0 Å². The van der Waals surface area contributed by atoms with Crippen LogP contribution in [0.2, 0.25) is 0 Å². The van der Waals surface area contributed by atoms with Gasteiger partial charge in [0, 0.05) is 5.92 Å². The van der Waals surface area contributed by atoms with Gasteiger partial charge in [-0.05, 0) is 78.7 Å². The first kappa shape index (κ1) is 12.0. The summed E-state index contributed by atoms with van der Waals surface area (Å²) < 4.78 is 4.86. The number of hydrogen-bond acceptors (Lipinski definition) is 2. The highest BCUT2D eigenvalue weighted by Crippen LogP contribution is 2.70. The highest BCUT2D eigenvalue weighted by molar-refractivity contribution is 6.64. The molecule has 0 aromatic carbocycles. The minimum Gasteiger partial charge on any atom is -0.281 e. The molecular formula is C14H18Cl2O2. The Balaban J connectivity index is 1.58. The quantitative estimate of drug-likeness (QED) is 0.587. The summed E-state index contributed by atoms with van der Waals surface area (Å²) >= 11 is 11.2. The minimum absolute atomic E-state index is 0.0793. The van der Waals surface area contributed by atoms with Crippen molar-refractivity contribution < 1.29 is 9.08 Å². The Morgan fingerprint density at radius 1 is 1.06 bits per heavy atom. The van der Waals surface area contributed by atoms with Crippen molar-refractivity contribution in [3.8, 4) is 0 Å². The highest BCUT2D eigenvalue weighted by Gasteiger charge is 2.65. The molecule has 0 amide bonds. The maximum absolute atomic E-state index is 11.5. The third-order valence-electron chi connectivity index (χ3n) is 6.52. The van der Waals surface area contributed by atoms with Crippen LogP contribution in [0, 0.1) is 47.3 Å². The molecule has 0 N–H and O–H groups in total. The van der Waals surface area contributed by atoms with E-state index in [2.05, 4.69) is 0 Å². The molecule has 0 aromatic rings. The third kappa shape index (κ3) is 1.43. The predicted octanol–water partition coefficient (Wildman–Crippen LogP) is 3.47. The topological polar surface area (TPSA) is 26.3 Å². The van der Waals surface area contributed by atoms with Crippen molar-refractivity contribution in [3.63, 3.8) is 0 Å². The maximum atomic E-state index is 11.5. The van der Waals surface area contributed by atoms with Crippen molar-refractivity contribution in [3.05, 3.63) is 0 Å². The molecule has 18 heavy (non-hydrogen) atoms. The van der Waals surface area contributed by atoms with Crippen LogP contribution in [0.15, 0.2) is 0 Å². The van der Waals surface area contributed by atoms with E-state index >= 15 is 0 Å².